The number of aromatic amines is 1. The molecule has 0 aliphatic rings. The second-order valence-electron chi connectivity index (χ2n) is 3.56. The van der Waals surface area contributed by atoms with Crippen LogP contribution >= 0.6 is 0 Å². The normalized spacial score (nSPS) is 14.7. The first-order valence-corrected chi connectivity index (χ1v) is 8.32. The van der Waals surface area contributed by atoms with Gasteiger partial charge in [-0.1, -0.05) is 5.21 Å². The van der Waals surface area contributed by atoms with Crippen molar-refractivity contribution in [2.75, 3.05) is 17.8 Å². The second-order valence-corrected chi connectivity index (χ2v) is 7.69. The lowest BCUT2D eigenvalue weighted by molar-refractivity contribution is 0.559. The van der Waals surface area contributed by atoms with Crippen molar-refractivity contribution < 1.29 is 16.8 Å². The number of sulfonamides is 1. The standard InChI is InChI=1S/C6H13N5O4S2/c1-5(6-7-10-11-8-6)9-17(14,15)4-3-16(2,12)13/h5,9H,3-4H2,1-2H3,(H,7,8,10,11). The minimum Gasteiger partial charge on any atom is -0.229 e. The van der Waals surface area contributed by atoms with E-state index in [9.17, 15) is 16.8 Å². The van der Waals surface area contributed by atoms with E-state index in [0.717, 1.165) is 6.26 Å². The molecule has 0 aliphatic heterocycles. The third-order valence-electron chi connectivity index (χ3n) is 1.83. The van der Waals surface area contributed by atoms with Crippen molar-refractivity contribution in [3.63, 3.8) is 0 Å². The summed E-state index contributed by atoms with van der Waals surface area (Å²) >= 11 is 0. The summed E-state index contributed by atoms with van der Waals surface area (Å²) in [5.74, 6) is -0.733. The Hall–Kier alpha value is -1.07. The quantitative estimate of drug-likeness (QED) is 0.630. The van der Waals surface area contributed by atoms with Crippen molar-refractivity contribution in [3.05, 3.63) is 5.82 Å². The molecule has 0 amide bonds. The number of tetrazole rings is 1. The van der Waals surface area contributed by atoms with Gasteiger partial charge in [-0.25, -0.2) is 21.6 Å². The van der Waals surface area contributed by atoms with Gasteiger partial charge in [0.05, 0.1) is 17.5 Å². The van der Waals surface area contributed by atoms with Crippen molar-refractivity contribution in [1.82, 2.24) is 25.3 Å². The number of H-pyrrole nitrogens is 1. The second kappa shape index (κ2) is 5.06. The maximum Gasteiger partial charge on any atom is 0.213 e. The molecule has 1 atom stereocenters. The van der Waals surface area contributed by atoms with E-state index < -0.39 is 37.4 Å². The summed E-state index contributed by atoms with van der Waals surface area (Å²) in [6.45, 7) is 1.53. The van der Waals surface area contributed by atoms with Gasteiger partial charge in [-0.3, -0.25) is 0 Å². The number of aromatic nitrogens is 4. The van der Waals surface area contributed by atoms with E-state index >= 15 is 0 Å². The fraction of sp³-hybridized carbons (Fsp3) is 0.833. The van der Waals surface area contributed by atoms with Crippen LogP contribution in [0.3, 0.4) is 0 Å². The SMILES string of the molecule is CC(NS(=O)(=O)CCS(C)(=O)=O)c1nn[nH]n1. The van der Waals surface area contributed by atoms with E-state index in [4.69, 9.17) is 0 Å². The number of hydrogen-bond acceptors (Lipinski definition) is 7. The predicted molar refractivity (Wildman–Crippen MR) is 59.2 cm³/mol. The molecule has 0 spiro atoms. The molecule has 0 radical (unpaired) electrons. The summed E-state index contributed by atoms with van der Waals surface area (Å²) in [5.41, 5.74) is 0. The largest absolute Gasteiger partial charge is 0.229 e. The van der Waals surface area contributed by atoms with Crippen LogP contribution in [0.2, 0.25) is 0 Å². The minimum absolute atomic E-state index is 0.188. The Bertz CT molecular complexity index is 549. The van der Waals surface area contributed by atoms with Gasteiger partial charge in [0.25, 0.3) is 0 Å². The van der Waals surface area contributed by atoms with Gasteiger partial charge in [-0.05, 0) is 6.92 Å². The van der Waals surface area contributed by atoms with Crippen LogP contribution in [0.4, 0.5) is 0 Å². The van der Waals surface area contributed by atoms with E-state index in [1.54, 1.807) is 0 Å². The first kappa shape index (κ1) is 14.0. The highest BCUT2D eigenvalue weighted by Crippen LogP contribution is 2.05. The molecule has 17 heavy (non-hydrogen) atoms. The Labute approximate surface area is 99.0 Å². The minimum atomic E-state index is -3.69. The lowest BCUT2D eigenvalue weighted by Gasteiger charge is -2.09. The summed E-state index contributed by atoms with van der Waals surface area (Å²) in [6.07, 6.45) is 0.977. The molecule has 1 rings (SSSR count). The van der Waals surface area contributed by atoms with E-state index in [2.05, 4.69) is 25.3 Å². The molecule has 1 aromatic rings. The lowest BCUT2D eigenvalue weighted by Crippen LogP contribution is -2.32. The zero-order chi connectivity index (χ0) is 13.1. The number of nitrogens with one attached hydrogen (secondary N) is 2. The van der Waals surface area contributed by atoms with Gasteiger partial charge in [0.1, 0.15) is 9.84 Å². The molecule has 0 aliphatic carbocycles. The smallest absolute Gasteiger partial charge is 0.213 e. The van der Waals surface area contributed by atoms with Gasteiger partial charge in [-0.15, -0.1) is 10.2 Å². The van der Waals surface area contributed by atoms with E-state index in [-0.39, 0.29) is 5.82 Å². The monoisotopic (exact) mass is 283 g/mol. The molecule has 0 aromatic carbocycles. The van der Waals surface area contributed by atoms with Crippen LogP contribution in [-0.2, 0) is 19.9 Å². The van der Waals surface area contributed by atoms with Crippen molar-refractivity contribution in [1.29, 1.82) is 0 Å². The van der Waals surface area contributed by atoms with Crippen molar-refractivity contribution >= 4 is 19.9 Å². The van der Waals surface area contributed by atoms with Crippen LogP contribution in [0.15, 0.2) is 0 Å². The first-order valence-electron chi connectivity index (χ1n) is 4.61. The molecule has 98 valence electrons. The van der Waals surface area contributed by atoms with Crippen LogP contribution in [-0.4, -0.2) is 55.2 Å². The summed E-state index contributed by atoms with van der Waals surface area (Å²) < 4.78 is 47.0. The summed E-state index contributed by atoms with van der Waals surface area (Å²) in [7, 11) is -7.01. The van der Waals surface area contributed by atoms with E-state index in [0.29, 0.717) is 0 Å². The average molecular weight is 283 g/mol. The summed E-state index contributed by atoms with van der Waals surface area (Å²) in [4.78, 5) is 0. The van der Waals surface area contributed by atoms with Gasteiger partial charge < -0.3 is 0 Å². The van der Waals surface area contributed by atoms with Gasteiger partial charge in [0, 0.05) is 6.26 Å². The van der Waals surface area contributed by atoms with Gasteiger partial charge in [0.15, 0.2) is 5.82 Å². The number of rotatable bonds is 6. The van der Waals surface area contributed by atoms with Crippen LogP contribution < -0.4 is 4.72 Å². The highest BCUT2D eigenvalue weighted by molar-refractivity contribution is 7.93. The van der Waals surface area contributed by atoms with Gasteiger partial charge >= 0.3 is 0 Å². The van der Waals surface area contributed by atoms with Crippen LogP contribution in [0.25, 0.3) is 0 Å². The molecule has 9 nitrogen and oxygen atoms in total. The maximum atomic E-state index is 11.5. The molecule has 0 saturated carbocycles. The number of hydrogen-bond donors (Lipinski definition) is 2. The zero-order valence-corrected chi connectivity index (χ0v) is 10.9. The average Bonchev–Trinajstić information content (AvgIpc) is 2.66. The molecule has 2 N–H and O–H groups in total. The maximum absolute atomic E-state index is 11.5. The first-order chi connectivity index (χ1) is 7.70. The third kappa shape index (κ3) is 5.19. The van der Waals surface area contributed by atoms with Crippen molar-refractivity contribution in [3.8, 4) is 0 Å². The zero-order valence-electron chi connectivity index (χ0n) is 9.28. The van der Waals surface area contributed by atoms with E-state index in [1.165, 1.54) is 6.92 Å². The van der Waals surface area contributed by atoms with Gasteiger partial charge in [-0.2, -0.15) is 5.21 Å². The molecule has 11 heteroatoms. The van der Waals surface area contributed by atoms with Crippen LogP contribution in [0.5, 0.6) is 0 Å². The Kier molecular flexibility index (Phi) is 4.16. The Morgan fingerprint density at radius 2 is 1.94 bits per heavy atom. The molecular weight excluding hydrogens is 270 g/mol. The van der Waals surface area contributed by atoms with E-state index in [1.807, 2.05) is 0 Å². The molecule has 1 heterocycles. The van der Waals surface area contributed by atoms with Gasteiger partial charge in [0.2, 0.25) is 10.0 Å². The molecule has 1 aromatic heterocycles. The lowest BCUT2D eigenvalue weighted by atomic mass is 10.4. The highest BCUT2D eigenvalue weighted by Gasteiger charge is 2.20. The predicted octanol–water partition coefficient (Wildman–Crippen LogP) is -1.78. The Morgan fingerprint density at radius 1 is 1.29 bits per heavy atom. The number of sulfone groups is 1. The summed E-state index contributed by atoms with van der Waals surface area (Å²) in [5, 5.41) is 12.7. The molecule has 0 bridgehead atoms. The van der Waals surface area contributed by atoms with Crippen molar-refractivity contribution in [2.45, 2.75) is 13.0 Å². The van der Waals surface area contributed by atoms with Crippen molar-refractivity contribution in [2.24, 2.45) is 0 Å². The van der Waals surface area contributed by atoms with Crippen LogP contribution in [0, 0.1) is 0 Å². The topological polar surface area (TPSA) is 135 Å². The highest BCUT2D eigenvalue weighted by atomic mass is 32.2. The summed E-state index contributed by atoms with van der Waals surface area (Å²) in [6, 6.07) is -0.668. The fourth-order valence-corrected chi connectivity index (χ4v) is 3.85. The fourth-order valence-electron chi connectivity index (χ4n) is 0.995. The van der Waals surface area contributed by atoms with Crippen LogP contribution in [0.1, 0.15) is 18.8 Å². The third-order valence-corrected chi connectivity index (χ3v) is 4.49. The molecular formula is C6H13N5O4S2. The molecule has 0 fully saturated rings. The Morgan fingerprint density at radius 3 is 2.41 bits per heavy atom. The molecule has 1 unspecified atom stereocenters. The molecule has 0 saturated heterocycles. The number of nitrogens with zero attached hydrogens (tertiary/aromatic N) is 3. The Balaban J connectivity index is 2.61.